The molecule has 0 N–H and O–H groups in total. The summed E-state index contributed by atoms with van der Waals surface area (Å²) in [7, 11) is -0.296. The lowest BCUT2D eigenvalue weighted by molar-refractivity contribution is -0.115. The molecule has 0 radical (unpaired) electrons. The molecular formula is C20H27BO3. The van der Waals surface area contributed by atoms with Gasteiger partial charge < -0.3 is 9.31 Å². The quantitative estimate of drug-likeness (QED) is 0.766. The number of benzene rings is 1. The summed E-state index contributed by atoms with van der Waals surface area (Å²) in [6.07, 6.45) is 5.28. The Morgan fingerprint density at radius 1 is 1.04 bits per heavy atom. The smallest absolute Gasteiger partial charge is 0.403 e. The summed E-state index contributed by atoms with van der Waals surface area (Å²) in [5.41, 5.74) is 1.73. The minimum absolute atomic E-state index is 0.101. The van der Waals surface area contributed by atoms with Crippen LogP contribution in [0.4, 0.5) is 0 Å². The van der Waals surface area contributed by atoms with Crippen LogP contribution >= 0.6 is 0 Å². The predicted molar refractivity (Wildman–Crippen MR) is 96.8 cm³/mol. The van der Waals surface area contributed by atoms with E-state index in [0.717, 1.165) is 19.3 Å². The maximum Gasteiger partial charge on any atom is 0.466 e. The monoisotopic (exact) mass is 326 g/mol. The van der Waals surface area contributed by atoms with E-state index in [2.05, 4.69) is 39.8 Å². The number of allylic oxidation sites excluding steroid dienone is 2. The van der Waals surface area contributed by atoms with E-state index in [1.807, 2.05) is 24.3 Å². The molecule has 4 heteroatoms. The number of hydrogen-bond acceptors (Lipinski definition) is 3. The summed E-state index contributed by atoms with van der Waals surface area (Å²) in [5.74, 6) is 0.349. The lowest BCUT2D eigenvalue weighted by atomic mass is 9.64. The fraction of sp³-hybridized carbons (Fsp3) is 0.550. The summed E-state index contributed by atoms with van der Waals surface area (Å²) >= 11 is 0. The van der Waals surface area contributed by atoms with Crippen LogP contribution in [0, 0.1) is 0 Å². The van der Waals surface area contributed by atoms with Gasteiger partial charge in [-0.25, -0.2) is 0 Å². The average molecular weight is 326 g/mol. The molecule has 1 aromatic carbocycles. The van der Waals surface area contributed by atoms with Crippen molar-refractivity contribution in [2.45, 2.75) is 70.4 Å². The van der Waals surface area contributed by atoms with Gasteiger partial charge in [0.15, 0.2) is 5.78 Å². The molecule has 1 atom stereocenters. The normalized spacial score (nSPS) is 23.9. The standard InChI is InChI=1S/C20H27BO3/c1-19(2)20(3,4)24-21(23-19)18(16-10-6-5-7-11-16)14-15-9-8-12-17(22)13-15/h5-7,10-11,13,18H,8-9,12,14H2,1-4H3/t18-/m1/s1. The molecule has 1 heterocycles. The van der Waals surface area contributed by atoms with Crippen molar-refractivity contribution in [1.82, 2.24) is 0 Å². The molecule has 1 saturated heterocycles. The molecule has 1 aliphatic carbocycles. The largest absolute Gasteiger partial charge is 0.466 e. The first kappa shape index (κ1) is 17.4. The van der Waals surface area contributed by atoms with E-state index in [0.29, 0.717) is 6.42 Å². The Labute approximate surface area is 145 Å². The fourth-order valence-corrected chi connectivity index (χ4v) is 3.43. The third kappa shape index (κ3) is 3.50. The van der Waals surface area contributed by atoms with Gasteiger partial charge >= 0.3 is 7.12 Å². The van der Waals surface area contributed by atoms with E-state index in [1.54, 1.807) is 0 Å². The van der Waals surface area contributed by atoms with E-state index in [-0.39, 0.29) is 29.9 Å². The average Bonchev–Trinajstić information content (AvgIpc) is 2.74. The molecule has 2 aliphatic rings. The van der Waals surface area contributed by atoms with Crippen molar-refractivity contribution in [3.05, 3.63) is 47.5 Å². The SMILES string of the molecule is CC1(C)OB([C@H](CC2=CC(=O)CCC2)c2ccccc2)OC1(C)C. The summed E-state index contributed by atoms with van der Waals surface area (Å²) < 4.78 is 12.6. The summed E-state index contributed by atoms with van der Waals surface area (Å²) in [4.78, 5) is 11.8. The van der Waals surface area contributed by atoms with Crippen LogP contribution in [0.2, 0.25) is 0 Å². The second-order valence-electron chi connectivity index (χ2n) is 7.97. The second kappa shape index (κ2) is 6.49. The van der Waals surface area contributed by atoms with Gasteiger partial charge in [0.25, 0.3) is 0 Å². The van der Waals surface area contributed by atoms with E-state index in [1.165, 1.54) is 11.1 Å². The Morgan fingerprint density at radius 2 is 1.67 bits per heavy atom. The Hall–Kier alpha value is -1.39. The predicted octanol–water partition coefficient (Wildman–Crippen LogP) is 4.47. The Kier molecular flexibility index (Phi) is 4.72. The van der Waals surface area contributed by atoms with Crippen molar-refractivity contribution >= 4 is 12.9 Å². The van der Waals surface area contributed by atoms with Gasteiger partial charge in [-0.1, -0.05) is 35.9 Å². The van der Waals surface area contributed by atoms with Gasteiger partial charge in [0, 0.05) is 12.2 Å². The number of rotatable bonds is 4. The number of carbonyl (C=O) groups is 1. The van der Waals surface area contributed by atoms with E-state index < -0.39 is 0 Å². The minimum Gasteiger partial charge on any atom is -0.403 e. The summed E-state index contributed by atoms with van der Waals surface area (Å²) in [6, 6.07) is 10.4. The highest BCUT2D eigenvalue weighted by Crippen LogP contribution is 2.43. The molecule has 3 nitrogen and oxygen atoms in total. The third-order valence-electron chi connectivity index (χ3n) is 5.60. The van der Waals surface area contributed by atoms with Crippen molar-refractivity contribution in [2.75, 3.05) is 0 Å². The van der Waals surface area contributed by atoms with Gasteiger partial charge in [0.2, 0.25) is 0 Å². The fourth-order valence-electron chi connectivity index (χ4n) is 3.43. The van der Waals surface area contributed by atoms with Gasteiger partial charge in [0.05, 0.1) is 11.2 Å². The Balaban J connectivity index is 1.88. The molecule has 24 heavy (non-hydrogen) atoms. The lowest BCUT2D eigenvalue weighted by Gasteiger charge is -2.32. The molecular weight excluding hydrogens is 299 g/mol. The molecule has 0 spiro atoms. The zero-order valence-corrected chi connectivity index (χ0v) is 15.2. The molecule has 3 rings (SSSR count). The lowest BCUT2D eigenvalue weighted by Crippen LogP contribution is -2.41. The molecule has 0 aromatic heterocycles. The van der Waals surface area contributed by atoms with Crippen LogP contribution in [0.25, 0.3) is 0 Å². The molecule has 0 amide bonds. The summed E-state index contributed by atoms with van der Waals surface area (Å²) in [6.45, 7) is 8.33. The van der Waals surface area contributed by atoms with Crippen LogP contribution in [-0.2, 0) is 14.1 Å². The minimum atomic E-state index is -0.346. The van der Waals surface area contributed by atoms with Crippen LogP contribution in [0.3, 0.4) is 0 Å². The van der Waals surface area contributed by atoms with Crippen molar-refractivity contribution in [1.29, 1.82) is 0 Å². The van der Waals surface area contributed by atoms with E-state index in [4.69, 9.17) is 9.31 Å². The van der Waals surface area contributed by atoms with Crippen LogP contribution in [0.15, 0.2) is 42.0 Å². The second-order valence-corrected chi connectivity index (χ2v) is 7.97. The number of ketones is 1. The highest BCUT2D eigenvalue weighted by atomic mass is 16.7. The first-order valence-corrected chi connectivity index (χ1v) is 8.91. The van der Waals surface area contributed by atoms with E-state index >= 15 is 0 Å². The van der Waals surface area contributed by atoms with Crippen LogP contribution in [0.1, 0.15) is 64.8 Å². The maximum atomic E-state index is 11.8. The van der Waals surface area contributed by atoms with Gasteiger partial charge in [0.1, 0.15) is 0 Å². The highest BCUT2D eigenvalue weighted by molar-refractivity contribution is 6.47. The molecule has 128 valence electrons. The van der Waals surface area contributed by atoms with Crippen molar-refractivity contribution in [3.8, 4) is 0 Å². The highest BCUT2D eigenvalue weighted by Gasteiger charge is 2.54. The van der Waals surface area contributed by atoms with E-state index in [9.17, 15) is 4.79 Å². The molecule has 1 aliphatic heterocycles. The zero-order valence-electron chi connectivity index (χ0n) is 15.2. The third-order valence-corrected chi connectivity index (χ3v) is 5.60. The zero-order chi connectivity index (χ0) is 17.4. The van der Waals surface area contributed by atoms with Crippen LogP contribution in [-0.4, -0.2) is 24.1 Å². The summed E-state index contributed by atoms with van der Waals surface area (Å²) in [5, 5.41) is 0. The molecule has 1 aromatic rings. The van der Waals surface area contributed by atoms with Gasteiger partial charge in [-0.2, -0.15) is 0 Å². The maximum absolute atomic E-state index is 11.8. The van der Waals surface area contributed by atoms with Crippen molar-refractivity contribution in [3.63, 3.8) is 0 Å². The number of hydrogen-bond donors (Lipinski definition) is 0. The molecule has 0 bridgehead atoms. The van der Waals surface area contributed by atoms with Crippen LogP contribution in [0.5, 0.6) is 0 Å². The number of carbonyl (C=O) groups excluding carboxylic acids is 1. The van der Waals surface area contributed by atoms with Crippen molar-refractivity contribution in [2.24, 2.45) is 0 Å². The molecule has 0 unspecified atom stereocenters. The molecule has 1 fully saturated rings. The first-order chi connectivity index (χ1) is 11.3. The topological polar surface area (TPSA) is 35.5 Å². The molecule has 0 saturated carbocycles. The Morgan fingerprint density at radius 3 is 2.25 bits per heavy atom. The van der Waals surface area contributed by atoms with Crippen LogP contribution < -0.4 is 0 Å². The van der Waals surface area contributed by atoms with Gasteiger partial charge in [-0.05, 0) is 58.6 Å². The van der Waals surface area contributed by atoms with Gasteiger partial charge in [-0.15, -0.1) is 0 Å². The Bertz CT molecular complexity index is 618. The first-order valence-electron chi connectivity index (χ1n) is 8.91. The van der Waals surface area contributed by atoms with Crippen molar-refractivity contribution < 1.29 is 14.1 Å². The van der Waals surface area contributed by atoms with Gasteiger partial charge in [-0.3, -0.25) is 4.79 Å².